The van der Waals surface area contributed by atoms with Gasteiger partial charge in [0.2, 0.25) is 0 Å². The van der Waals surface area contributed by atoms with Gasteiger partial charge in [0.25, 0.3) is 0 Å². The summed E-state index contributed by atoms with van der Waals surface area (Å²) in [5, 5.41) is 3.09. The molecule has 0 radical (unpaired) electrons. The standard InChI is InChI=1S/C7H11NO/c1-2-3-6-7(9)4-5-8-6/h2,6,8H,1,3-5H2. The maximum atomic E-state index is 10.9. The van der Waals surface area contributed by atoms with E-state index in [0.717, 1.165) is 13.0 Å². The van der Waals surface area contributed by atoms with E-state index in [9.17, 15) is 4.79 Å². The van der Waals surface area contributed by atoms with Gasteiger partial charge in [-0.15, -0.1) is 6.58 Å². The van der Waals surface area contributed by atoms with Gasteiger partial charge in [-0.25, -0.2) is 0 Å². The molecule has 1 heterocycles. The van der Waals surface area contributed by atoms with Crippen LogP contribution in [0.4, 0.5) is 0 Å². The van der Waals surface area contributed by atoms with Crippen LogP contribution in [0.25, 0.3) is 0 Å². The van der Waals surface area contributed by atoms with Crippen LogP contribution in [0.15, 0.2) is 12.7 Å². The number of carbonyl (C=O) groups is 1. The third-order valence-electron chi connectivity index (χ3n) is 1.55. The Morgan fingerprint density at radius 2 is 2.67 bits per heavy atom. The van der Waals surface area contributed by atoms with Crippen molar-refractivity contribution in [2.24, 2.45) is 0 Å². The smallest absolute Gasteiger partial charge is 0.151 e. The predicted molar refractivity (Wildman–Crippen MR) is 36.2 cm³/mol. The van der Waals surface area contributed by atoms with E-state index in [1.807, 2.05) is 0 Å². The maximum absolute atomic E-state index is 10.9. The molecule has 0 amide bonds. The Bertz CT molecular complexity index is 131. The molecule has 0 spiro atoms. The van der Waals surface area contributed by atoms with Crippen LogP contribution in [-0.4, -0.2) is 18.4 Å². The first-order chi connectivity index (χ1) is 4.34. The molecule has 50 valence electrons. The molecule has 0 aliphatic carbocycles. The summed E-state index contributed by atoms with van der Waals surface area (Å²) in [7, 11) is 0. The maximum Gasteiger partial charge on any atom is 0.151 e. The SMILES string of the molecule is C=CCC1NCCC1=O. The van der Waals surface area contributed by atoms with Crippen molar-refractivity contribution in [2.45, 2.75) is 18.9 Å². The Hall–Kier alpha value is -0.630. The van der Waals surface area contributed by atoms with Gasteiger partial charge in [0.1, 0.15) is 0 Å². The number of ketones is 1. The van der Waals surface area contributed by atoms with Gasteiger partial charge in [-0.2, -0.15) is 0 Å². The largest absolute Gasteiger partial charge is 0.307 e. The Kier molecular flexibility index (Phi) is 2.01. The van der Waals surface area contributed by atoms with E-state index in [4.69, 9.17) is 0 Å². The summed E-state index contributed by atoms with van der Waals surface area (Å²) < 4.78 is 0. The topological polar surface area (TPSA) is 29.1 Å². The number of nitrogens with one attached hydrogen (secondary N) is 1. The predicted octanol–water partition coefficient (Wildman–Crippen LogP) is 0.493. The highest BCUT2D eigenvalue weighted by molar-refractivity contribution is 5.86. The molecular weight excluding hydrogens is 114 g/mol. The molecule has 0 aromatic heterocycles. The van der Waals surface area contributed by atoms with Gasteiger partial charge in [0.15, 0.2) is 5.78 Å². The van der Waals surface area contributed by atoms with Gasteiger partial charge in [-0.05, 0) is 6.42 Å². The van der Waals surface area contributed by atoms with Gasteiger partial charge in [0.05, 0.1) is 6.04 Å². The van der Waals surface area contributed by atoms with Crippen molar-refractivity contribution in [3.63, 3.8) is 0 Å². The number of hydrogen-bond acceptors (Lipinski definition) is 2. The molecular formula is C7H11NO. The van der Waals surface area contributed by atoms with Crippen molar-refractivity contribution in [1.29, 1.82) is 0 Å². The molecule has 0 saturated carbocycles. The van der Waals surface area contributed by atoms with Crippen molar-refractivity contribution in [3.05, 3.63) is 12.7 Å². The van der Waals surface area contributed by atoms with Gasteiger partial charge >= 0.3 is 0 Å². The fraction of sp³-hybridized carbons (Fsp3) is 0.571. The first kappa shape index (κ1) is 6.49. The van der Waals surface area contributed by atoms with Crippen molar-refractivity contribution < 1.29 is 4.79 Å². The Labute approximate surface area is 54.9 Å². The fourth-order valence-corrected chi connectivity index (χ4v) is 1.04. The second-order valence-corrected chi connectivity index (χ2v) is 2.25. The summed E-state index contributed by atoms with van der Waals surface area (Å²) in [6.45, 7) is 4.41. The molecule has 1 rings (SSSR count). The Morgan fingerprint density at radius 1 is 1.89 bits per heavy atom. The third kappa shape index (κ3) is 1.39. The molecule has 1 atom stereocenters. The fourth-order valence-electron chi connectivity index (χ4n) is 1.04. The molecule has 1 unspecified atom stereocenters. The summed E-state index contributed by atoms with van der Waals surface area (Å²) in [6, 6.07) is 0.0718. The van der Waals surface area contributed by atoms with Crippen LogP contribution < -0.4 is 5.32 Å². The molecule has 2 nitrogen and oxygen atoms in total. The normalized spacial score (nSPS) is 26.7. The van der Waals surface area contributed by atoms with E-state index in [2.05, 4.69) is 11.9 Å². The third-order valence-corrected chi connectivity index (χ3v) is 1.55. The first-order valence-electron chi connectivity index (χ1n) is 3.21. The Balaban J connectivity index is 2.39. The zero-order valence-electron chi connectivity index (χ0n) is 5.39. The highest BCUT2D eigenvalue weighted by Gasteiger charge is 2.21. The first-order valence-corrected chi connectivity index (χ1v) is 3.21. The zero-order chi connectivity index (χ0) is 6.69. The highest BCUT2D eigenvalue weighted by atomic mass is 16.1. The molecule has 2 heteroatoms. The Morgan fingerprint density at radius 3 is 3.11 bits per heavy atom. The van der Waals surface area contributed by atoms with E-state index in [0.29, 0.717) is 12.2 Å². The minimum Gasteiger partial charge on any atom is -0.307 e. The molecule has 1 saturated heterocycles. The average molecular weight is 125 g/mol. The number of rotatable bonds is 2. The molecule has 9 heavy (non-hydrogen) atoms. The van der Waals surface area contributed by atoms with Gasteiger partial charge in [-0.1, -0.05) is 6.08 Å². The summed E-state index contributed by atoms with van der Waals surface area (Å²) in [4.78, 5) is 10.9. The van der Waals surface area contributed by atoms with Crippen LogP contribution in [-0.2, 0) is 4.79 Å². The van der Waals surface area contributed by atoms with Gasteiger partial charge in [0, 0.05) is 13.0 Å². The van der Waals surface area contributed by atoms with Crippen molar-refractivity contribution in [1.82, 2.24) is 5.32 Å². The molecule has 0 aromatic rings. The van der Waals surface area contributed by atoms with Crippen LogP contribution in [0.1, 0.15) is 12.8 Å². The van der Waals surface area contributed by atoms with Crippen LogP contribution in [0.3, 0.4) is 0 Å². The minimum absolute atomic E-state index is 0.0718. The van der Waals surface area contributed by atoms with Crippen molar-refractivity contribution in [2.75, 3.05) is 6.54 Å². The molecule has 1 fully saturated rings. The van der Waals surface area contributed by atoms with E-state index in [1.165, 1.54) is 0 Å². The molecule has 1 aliphatic rings. The lowest BCUT2D eigenvalue weighted by molar-refractivity contribution is -0.118. The molecule has 1 N–H and O–H groups in total. The van der Waals surface area contributed by atoms with Crippen molar-refractivity contribution >= 4 is 5.78 Å². The van der Waals surface area contributed by atoms with Crippen LogP contribution in [0.5, 0.6) is 0 Å². The summed E-state index contributed by atoms with van der Waals surface area (Å²) in [5.41, 5.74) is 0. The lowest BCUT2D eigenvalue weighted by Gasteiger charge is -2.02. The quantitative estimate of drug-likeness (QED) is 0.544. The molecule has 0 aromatic carbocycles. The summed E-state index contributed by atoms with van der Waals surface area (Å²) >= 11 is 0. The average Bonchev–Trinajstić information content (AvgIpc) is 2.18. The second kappa shape index (κ2) is 2.78. The highest BCUT2D eigenvalue weighted by Crippen LogP contribution is 2.03. The van der Waals surface area contributed by atoms with E-state index in [1.54, 1.807) is 6.08 Å². The monoisotopic (exact) mass is 125 g/mol. The van der Waals surface area contributed by atoms with Gasteiger partial charge in [-0.3, -0.25) is 4.79 Å². The number of carbonyl (C=O) groups excluding carboxylic acids is 1. The molecule has 0 bridgehead atoms. The lowest BCUT2D eigenvalue weighted by atomic mass is 10.1. The van der Waals surface area contributed by atoms with E-state index < -0.39 is 0 Å². The van der Waals surface area contributed by atoms with Crippen molar-refractivity contribution in [3.8, 4) is 0 Å². The number of Topliss-reactive ketones (excluding diaryl/α,β-unsaturated/α-hetero) is 1. The summed E-state index contributed by atoms with van der Waals surface area (Å²) in [6.07, 6.45) is 3.25. The van der Waals surface area contributed by atoms with E-state index in [-0.39, 0.29) is 6.04 Å². The lowest BCUT2D eigenvalue weighted by Crippen LogP contribution is -2.25. The minimum atomic E-state index is 0.0718. The van der Waals surface area contributed by atoms with Crippen LogP contribution in [0, 0.1) is 0 Å². The zero-order valence-corrected chi connectivity index (χ0v) is 5.39. The summed E-state index contributed by atoms with van der Waals surface area (Å²) in [5.74, 6) is 0.329. The van der Waals surface area contributed by atoms with E-state index >= 15 is 0 Å². The van der Waals surface area contributed by atoms with Crippen LogP contribution in [0.2, 0.25) is 0 Å². The number of hydrogen-bond donors (Lipinski definition) is 1. The van der Waals surface area contributed by atoms with Gasteiger partial charge < -0.3 is 5.32 Å². The van der Waals surface area contributed by atoms with Crippen LogP contribution >= 0.6 is 0 Å². The molecule has 1 aliphatic heterocycles. The second-order valence-electron chi connectivity index (χ2n) is 2.25.